The van der Waals surface area contributed by atoms with E-state index in [9.17, 15) is 9.59 Å². The number of hydrogen-bond donors (Lipinski definition) is 1. The average Bonchev–Trinajstić information content (AvgIpc) is 1.97. The Bertz CT molecular complexity index is 311. The summed E-state index contributed by atoms with van der Waals surface area (Å²) in [6.45, 7) is 9.05. The van der Waals surface area contributed by atoms with Crippen molar-refractivity contribution in [3.05, 3.63) is 0 Å². The van der Waals surface area contributed by atoms with Gasteiger partial charge in [0.2, 0.25) is 0 Å². The van der Waals surface area contributed by atoms with Crippen molar-refractivity contribution in [1.82, 2.24) is 0 Å². The van der Waals surface area contributed by atoms with Crippen molar-refractivity contribution < 1.29 is 19.4 Å². The maximum atomic E-state index is 11.8. The molecule has 4 nitrogen and oxygen atoms in total. The number of carbonyl (C=O) groups is 2. The van der Waals surface area contributed by atoms with E-state index in [2.05, 4.69) is 0 Å². The molecular weight excluding hydrogens is 208 g/mol. The maximum Gasteiger partial charge on any atom is 0.310 e. The van der Waals surface area contributed by atoms with E-state index in [4.69, 9.17) is 9.84 Å². The van der Waals surface area contributed by atoms with Gasteiger partial charge in [-0.3, -0.25) is 9.59 Å². The summed E-state index contributed by atoms with van der Waals surface area (Å²) in [5, 5.41) is 8.95. The molecule has 2 atom stereocenters. The van der Waals surface area contributed by atoms with E-state index in [0.29, 0.717) is 6.42 Å². The molecule has 0 aromatic rings. The van der Waals surface area contributed by atoms with Gasteiger partial charge in [-0.05, 0) is 32.6 Å². The minimum Gasteiger partial charge on any atom is -0.481 e. The number of carboxylic acids is 1. The first-order valence-corrected chi connectivity index (χ1v) is 5.51. The molecule has 0 amide bonds. The fourth-order valence-corrected chi connectivity index (χ4v) is 2.12. The molecule has 0 aliphatic heterocycles. The zero-order valence-electron chi connectivity index (χ0n) is 10.5. The van der Waals surface area contributed by atoms with E-state index in [1.165, 1.54) is 0 Å². The van der Waals surface area contributed by atoms with Gasteiger partial charge in [-0.1, -0.05) is 13.8 Å². The predicted octanol–water partition coefficient (Wildman–Crippen LogP) is 2.08. The van der Waals surface area contributed by atoms with E-state index in [-0.39, 0.29) is 11.9 Å². The second-order valence-corrected chi connectivity index (χ2v) is 6.03. The Morgan fingerprint density at radius 2 is 1.75 bits per heavy atom. The van der Waals surface area contributed by atoms with Crippen LogP contribution in [0, 0.1) is 17.3 Å². The molecule has 1 fully saturated rings. The molecule has 0 spiro atoms. The van der Waals surface area contributed by atoms with Crippen LogP contribution in [0.1, 0.15) is 41.0 Å². The number of rotatable bonds is 2. The first-order valence-electron chi connectivity index (χ1n) is 5.51. The van der Waals surface area contributed by atoms with E-state index >= 15 is 0 Å². The molecule has 0 aromatic carbocycles. The summed E-state index contributed by atoms with van der Waals surface area (Å²) in [5.74, 6) is -1.85. The third-order valence-corrected chi connectivity index (χ3v) is 3.26. The Labute approximate surface area is 96.0 Å². The number of hydrogen-bond acceptors (Lipinski definition) is 3. The summed E-state index contributed by atoms with van der Waals surface area (Å²) < 4.78 is 5.27. The zero-order chi connectivity index (χ0) is 12.7. The third kappa shape index (κ3) is 2.36. The molecule has 0 aromatic heterocycles. The normalized spacial score (nSPS) is 28.1. The minimum absolute atomic E-state index is 0.282. The van der Waals surface area contributed by atoms with Gasteiger partial charge in [0.1, 0.15) is 5.60 Å². The fraction of sp³-hybridized carbons (Fsp3) is 0.833. The van der Waals surface area contributed by atoms with E-state index in [0.717, 1.165) is 0 Å². The van der Waals surface area contributed by atoms with Crippen molar-refractivity contribution in [3.63, 3.8) is 0 Å². The lowest BCUT2D eigenvalue weighted by Crippen LogP contribution is -2.53. The molecule has 1 rings (SSSR count). The van der Waals surface area contributed by atoms with Crippen molar-refractivity contribution in [2.45, 2.75) is 46.6 Å². The van der Waals surface area contributed by atoms with Gasteiger partial charge in [-0.25, -0.2) is 0 Å². The number of carboxylic acid groups (broad SMARTS) is 1. The molecule has 4 heteroatoms. The molecule has 1 N–H and O–H groups in total. The maximum absolute atomic E-state index is 11.8. The Morgan fingerprint density at radius 3 is 2.06 bits per heavy atom. The fourth-order valence-electron chi connectivity index (χ4n) is 2.12. The number of esters is 1. The van der Waals surface area contributed by atoms with Gasteiger partial charge in [0, 0.05) is 0 Å². The van der Waals surface area contributed by atoms with Gasteiger partial charge < -0.3 is 9.84 Å². The van der Waals surface area contributed by atoms with Crippen LogP contribution in [-0.4, -0.2) is 22.6 Å². The summed E-state index contributed by atoms with van der Waals surface area (Å²) in [4.78, 5) is 22.7. The number of carbonyl (C=O) groups excluding carboxylic acids is 1. The Hall–Kier alpha value is -1.06. The monoisotopic (exact) mass is 228 g/mol. The molecular formula is C12H20O4. The predicted molar refractivity (Wildman–Crippen MR) is 58.9 cm³/mol. The smallest absolute Gasteiger partial charge is 0.310 e. The van der Waals surface area contributed by atoms with Gasteiger partial charge in [0.05, 0.1) is 11.8 Å². The molecule has 1 aliphatic carbocycles. The van der Waals surface area contributed by atoms with Crippen LogP contribution >= 0.6 is 0 Å². The van der Waals surface area contributed by atoms with Gasteiger partial charge in [-0.15, -0.1) is 0 Å². The van der Waals surface area contributed by atoms with Crippen molar-refractivity contribution in [3.8, 4) is 0 Å². The molecule has 16 heavy (non-hydrogen) atoms. The Morgan fingerprint density at radius 1 is 1.25 bits per heavy atom. The second kappa shape index (κ2) is 3.75. The van der Waals surface area contributed by atoms with Crippen LogP contribution in [-0.2, 0) is 14.3 Å². The summed E-state index contributed by atoms with van der Waals surface area (Å²) in [5.41, 5.74) is -1.02. The third-order valence-electron chi connectivity index (χ3n) is 3.26. The quantitative estimate of drug-likeness (QED) is 0.735. The molecule has 0 bridgehead atoms. The van der Waals surface area contributed by atoms with Crippen molar-refractivity contribution in [1.29, 1.82) is 0 Å². The topological polar surface area (TPSA) is 63.6 Å². The van der Waals surface area contributed by atoms with Crippen LogP contribution in [0.3, 0.4) is 0 Å². The number of aliphatic carboxylic acids is 1. The van der Waals surface area contributed by atoms with Crippen LogP contribution in [0.25, 0.3) is 0 Å². The lowest BCUT2D eigenvalue weighted by molar-refractivity contribution is -0.183. The first-order chi connectivity index (χ1) is 7.05. The zero-order valence-corrected chi connectivity index (χ0v) is 10.5. The number of ether oxygens (including phenoxy) is 1. The van der Waals surface area contributed by atoms with E-state index in [1.807, 2.05) is 34.6 Å². The van der Waals surface area contributed by atoms with Crippen LogP contribution in [0.4, 0.5) is 0 Å². The highest BCUT2D eigenvalue weighted by Gasteiger charge is 2.56. The second-order valence-electron chi connectivity index (χ2n) is 6.03. The van der Waals surface area contributed by atoms with Crippen molar-refractivity contribution in [2.24, 2.45) is 17.3 Å². The molecule has 0 radical (unpaired) electrons. The van der Waals surface area contributed by atoms with Crippen LogP contribution < -0.4 is 0 Å². The summed E-state index contributed by atoms with van der Waals surface area (Å²) in [7, 11) is 0. The van der Waals surface area contributed by atoms with Crippen LogP contribution in [0.15, 0.2) is 0 Å². The molecule has 92 valence electrons. The van der Waals surface area contributed by atoms with Crippen molar-refractivity contribution in [2.75, 3.05) is 0 Å². The highest BCUT2D eigenvalue weighted by Crippen LogP contribution is 2.52. The van der Waals surface area contributed by atoms with Gasteiger partial charge in [0.25, 0.3) is 0 Å². The summed E-state index contributed by atoms with van der Waals surface area (Å²) >= 11 is 0. The highest BCUT2D eigenvalue weighted by atomic mass is 16.6. The highest BCUT2D eigenvalue weighted by molar-refractivity contribution is 5.81. The lowest BCUT2D eigenvalue weighted by atomic mass is 9.55. The van der Waals surface area contributed by atoms with Gasteiger partial charge >= 0.3 is 11.9 Å². The standard InChI is InChI=1S/C12H20O4/c1-11(2,3)16-10(15)8-6-7(9(13)14)12(8,4)5/h7-8H,6H2,1-5H3,(H,13,14). The molecule has 1 saturated carbocycles. The van der Waals surface area contributed by atoms with Gasteiger partial charge in [0.15, 0.2) is 0 Å². The molecule has 0 heterocycles. The minimum atomic E-state index is -0.829. The largest absolute Gasteiger partial charge is 0.481 e. The lowest BCUT2D eigenvalue weighted by Gasteiger charge is -2.48. The van der Waals surface area contributed by atoms with Crippen molar-refractivity contribution >= 4 is 11.9 Å². The molecule has 2 unspecified atom stereocenters. The van der Waals surface area contributed by atoms with Crippen LogP contribution in [0.5, 0.6) is 0 Å². The van der Waals surface area contributed by atoms with Crippen LogP contribution in [0.2, 0.25) is 0 Å². The van der Waals surface area contributed by atoms with E-state index in [1.54, 1.807) is 0 Å². The summed E-state index contributed by atoms with van der Waals surface area (Å²) in [6, 6.07) is 0. The molecule has 0 saturated heterocycles. The average molecular weight is 228 g/mol. The Balaban J connectivity index is 2.66. The molecule has 1 aliphatic rings. The SMILES string of the molecule is CC(C)(C)OC(=O)C1CC(C(=O)O)C1(C)C. The Kier molecular flexibility index (Phi) is 3.05. The van der Waals surface area contributed by atoms with Gasteiger partial charge in [-0.2, -0.15) is 0 Å². The first kappa shape index (κ1) is 13.0. The van der Waals surface area contributed by atoms with E-state index < -0.39 is 22.9 Å². The summed E-state index contributed by atoms with van der Waals surface area (Å²) in [6.07, 6.45) is 0.386.